The molecule has 0 spiro atoms. The number of nitrogens with zero attached hydrogens (tertiary/aromatic N) is 2. The van der Waals surface area contributed by atoms with E-state index in [0.29, 0.717) is 11.4 Å². The third kappa shape index (κ3) is 3.25. The lowest BCUT2D eigenvalue weighted by Gasteiger charge is -2.22. The van der Waals surface area contributed by atoms with Crippen LogP contribution in [0.2, 0.25) is 0 Å². The van der Waals surface area contributed by atoms with Crippen molar-refractivity contribution in [2.45, 2.75) is 38.6 Å². The van der Waals surface area contributed by atoms with Crippen molar-refractivity contribution in [3.8, 4) is 5.88 Å². The minimum atomic E-state index is -1.08. The molecular formula is C14H19FN2O3. The van der Waals surface area contributed by atoms with E-state index < -0.39 is 12.2 Å². The number of carbonyl (C=O) groups is 1. The van der Waals surface area contributed by atoms with Crippen LogP contribution in [0.4, 0.5) is 4.39 Å². The number of aliphatic hydroxyl groups excluding tert-OH is 1. The van der Waals surface area contributed by atoms with Gasteiger partial charge in [0.1, 0.15) is 6.17 Å². The fraction of sp³-hybridized carbons (Fsp3) is 0.571. The summed E-state index contributed by atoms with van der Waals surface area (Å²) < 4.78 is 18.8. The molecule has 1 aromatic rings. The number of hydrogen-bond donors (Lipinski definition) is 1. The van der Waals surface area contributed by atoms with Gasteiger partial charge in [0.05, 0.1) is 25.3 Å². The fourth-order valence-electron chi connectivity index (χ4n) is 2.30. The number of hydrogen-bond acceptors (Lipinski definition) is 4. The molecule has 110 valence electrons. The molecule has 5 nitrogen and oxygen atoms in total. The number of aliphatic hydroxyl groups is 1. The number of aromatic nitrogens is 1. The van der Waals surface area contributed by atoms with Crippen LogP contribution in [-0.4, -0.2) is 52.4 Å². The van der Waals surface area contributed by atoms with Crippen LogP contribution in [0.25, 0.3) is 0 Å². The molecule has 2 heterocycles. The highest BCUT2D eigenvalue weighted by Crippen LogP contribution is 2.23. The van der Waals surface area contributed by atoms with Crippen molar-refractivity contribution < 1.29 is 19.0 Å². The molecule has 1 aliphatic rings. The van der Waals surface area contributed by atoms with Crippen LogP contribution in [0, 0.1) is 0 Å². The number of ether oxygens (including phenoxy) is 1. The van der Waals surface area contributed by atoms with Crippen molar-refractivity contribution in [2.75, 3.05) is 13.2 Å². The second kappa shape index (κ2) is 6.17. The van der Waals surface area contributed by atoms with E-state index in [1.165, 1.54) is 11.1 Å². The number of pyridine rings is 1. The third-order valence-corrected chi connectivity index (χ3v) is 3.17. The second-order valence-electron chi connectivity index (χ2n) is 5.18. The average Bonchev–Trinajstić information content (AvgIpc) is 2.78. The smallest absolute Gasteiger partial charge is 0.254 e. The van der Waals surface area contributed by atoms with E-state index in [-0.39, 0.29) is 31.6 Å². The summed E-state index contributed by atoms with van der Waals surface area (Å²) in [5.41, 5.74) is 0.392. The summed E-state index contributed by atoms with van der Waals surface area (Å²) in [7, 11) is 0. The molecule has 1 fully saturated rings. The SMILES string of the molecule is CC(C)Oc1cc(C(=O)N2C[C@@H](F)C[C@H]2CO)ccn1. The Hall–Kier alpha value is -1.69. The van der Waals surface area contributed by atoms with E-state index in [9.17, 15) is 14.3 Å². The Morgan fingerprint density at radius 1 is 1.65 bits per heavy atom. The fourth-order valence-corrected chi connectivity index (χ4v) is 2.30. The molecule has 0 bridgehead atoms. The third-order valence-electron chi connectivity index (χ3n) is 3.17. The Morgan fingerprint density at radius 2 is 2.40 bits per heavy atom. The summed E-state index contributed by atoms with van der Waals surface area (Å²) in [4.78, 5) is 17.8. The van der Waals surface area contributed by atoms with Crippen molar-refractivity contribution >= 4 is 5.91 Å². The molecule has 0 aromatic carbocycles. The highest BCUT2D eigenvalue weighted by molar-refractivity contribution is 5.94. The van der Waals surface area contributed by atoms with Crippen LogP contribution in [0.1, 0.15) is 30.6 Å². The van der Waals surface area contributed by atoms with Gasteiger partial charge in [-0.05, 0) is 19.9 Å². The number of amides is 1. The zero-order chi connectivity index (χ0) is 14.7. The summed E-state index contributed by atoms with van der Waals surface area (Å²) >= 11 is 0. The molecule has 2 atom stereocenters. The molecule has 1 N–H and O–H groups in total. The summed E-state index contributed by atoms with van der Waals surface area (Å²) in [5, 5.41) is 9.23. The molecule has 2 rings (SSSR count). The summed E-state index contributed by atoms with van der Waals surface area (Å²) in [5.74, 6) is 0.0580. The zero-order valence-electron chi connectivity index (χ0n) is 11.6. The highest BCUT2D eigenvalue weighted by atomic mass is 19.1. The number of likely N-dealkylation sites (tertiary alicyclic amines) is 1. The largest absolute Gasteiger partial charge is 0.475 e. The molecule has 6 heteroatoms. The molecular weight excluding hydrogens is 263 g/mol. The van der Waals surface area contributed by atoms with Gasteiger partial charge in [-0.2, -0.15) is 0 Å². The van der Waals surface area contributed by atoms with Gasteiger partial charge in [-0.1, -0.05) is 0 Å². The second-order valence-corrected chi connectivity index (χ2v) is 5.18. The maximum Gasteiger partial charge on any atom is 0.254 e. The topological polar surface area (TPSA) is 62.7 Å². The Labute approximate surface area is 117 Å². The van der Waals surface area contributed by atoms with Crippen molar-refractivity contribution in [1.82, 2.24) is 9.88 Å². The molecule has 1 aliphatic heterocycles. The standard InChI is InChI=1S/C14H19FN2O3/c1-9(2)20-13-5-10(3-4-16-13)14(19)17-7-11(15)6-12(17)8-18/h3-5,9,11-12,18H,6-8H2,1-2H3/t11-,12-/m0/s1. The molecule has 20 heavy (non-hydrogen) atoms. The Kier molecular flexibility index (Phi) is 4.54. The van der Waals surface area contributed by atoms with Gasteiger partial charge in [-0.3, -0.25) is 4.79 Å². The van der Waals surface area contributed by atoms with Crippen molar-refractivity contribution in [3.63, 3.8) is 0 Å². The van der Waals surface area contributed by atoms with E-state index in [1.807, 2.05) is 13.8 Å². The van der Waals surface area contributed by atoms with Crippen LogP contribution in [0.15, 0.2) is 18.3 Å². The first kappa shape index (κ1) is 14.7. The van der Waals surface area contributed by atoms with Crippen LogP contribution in [0.5, 0.6) is 5.88 Å². The Bertz CT molecular complexity index is 481. The summed E-state index contributed by atoms with van der Waals surface area (Å²) in [6.07, 6.45) is 0.550. The normalized spacial score (nSPS) is 22.4. The lowest BCUT2D eigenvalue weighted by molar-refractivity contribution is 0.0672. The minimum Gasteiger partial charge on any atom is -0.475 e. The van der Waals surface area contributed by atoms with Gasteiger partial charge in [0, 0.05) is 24.2 Å². The van der Waals surface area contributed by atoms with Crippen molar-refractivity contribution in [1.29, 1.82) is 0 Å². The maximum absolute atomic E-state index is 13.4. The van der Waals surface area contributed by atoms with E-state index in [0.717, 1.165) is 0 Å². The first-order chi connectivity index (χ1) is 9.51. The maximum atomic E-state index is 13.4. The van der Waals surface area contributed by atoms with Crippen LogP contribution in [-0.2, 0) is 0 Å². The summed E-state index contributed by atoms with van der Waals surface area (Å²) in [6, 6.07) is 2.65. The highest BCUT2D eigenvalue weighted by Gasteiger charge is 2.35. The summed E-state index contributed by atoms with van der Waals surface area (Å²) in [6.45, 7) is 3.53. The van der Waals surface area contributed by atoms with Gasteiger partial charge in [0.15, 0.2) is 0 Å². The molecule has 0 saturated carbocycles. The molecule has 0 radical (unpaired) electrons. The van der Waals surface area contributed by atoms with E-state index in [2.05, 4.69) is 4.98 Å². The van der Waals surface area contributed by atoms with Gasteiger partial charge < -0.3 is 14.7 Å². The number of rotatable bonds is 4. The lowest BCUT2D eigenvalue weighted by atomic mass is 10.2. The zero-order valence-corrected chi connectivity index (χ0v) is 11.6. The molecule has 1 saturated heterocycles. The van der Waals surface area contributed by atoms with Gasteiger partial charge in [0.25, 0.3) is 5.91 Å². The predicted octanol–water partition coefficient (Wildman–Crippen LogP) is 1.41. The number of alkyl halides is 1. The van der Waals surface area contributed by atoms with E-state index in [1.54, 1.807) is 12.1 Å². The number of halogens is 1. The van der Waals surface area contributed by atoms with Crippen LogP contribution in [0.3, 0.4) is 0 Å². The van der Waals surface area contributed by atoms with Crippen molar-refractivity contribution in [3.05, 3.63) is 23.9 Å². The quantitative estimate of drug-likeness (QED) is 0.907. The van der Waals surface area contributed by atoms with Crippen LogP contribution < -0.4 is 4.74 Å². The Balaban J connectivity index is 2.16. The van der Waals surface area contributed by atoms with Gasteiger partial charge in [0.2, 0.25) is 5.88 Å². The average molecular weight is 282 g/mol. The number of carbonyl (C=O) groups excluding carboxylic acids is 1. The molecule has 1 amide bonds. The molecule has 0 unspecified atom stereocenters. The monoisotopic (exact) mass is 282 g/mol. The molecule has 0 aliphatic carbocycles. The van der Waals surface area contributed by atoms with Gasteiger partial charge in [-0.15, -0.1) is 0 Å². The first-order valence-electron chi connectivity index (χ1n) is 6.70. The first-order valence-corrected chi connectivity index (χ1v) is 6.70. The lowest BCUT2D eigenvalue weighted by Crippen LogP contribution is -2.37. The van der Waals surface area contributed by atoms with E-state index >= 15 is 0 Å². The minimum absolute atomic E-state index is 0.0206. The molecule has 1 aromatic heterocycles. The van der Waals surface area contributed by atoms with Crippen LogP contribution >= 0.6 is 0 Å². The predicted molar refractivity (Wildman–Crippen MR) is 71.4 cm³/mol. The van der Waals surface area contributed by atoms with E-state index in [4.69, 9.17) is 4.74 Å². The van der Waals surface area contributed by atoms with Crippen molar-refractivity contribution in [2.24, 2.45) is 0 Å². The Morgan fingerprint density at radius 3 is 3.05 bits per heavy atom. The van der Waals surface area contributed by atoms with Gasteiger partial charge >= 0.3 is 0 Å². The van der Waals surface area contributed by atoms with Gasteiger partial charge in [-0.25, -0.2) is 9.37 Å².